The number of nitriles is 1. The Balaban J connectivity index is 2.57. The molecule has 2 aromatic rings. The van der Waals surface area contributed by atoms with Crippen LogP contribution in [0.2, 0.25) is 0 Å². The van der Waals surface area contributed by atoms with E-state index in [4.69, 9.17) is 10.5 Å². The quantitative estimate of drug-likeness (QED) is 0.861. The maximum absolute atomic E-state index is 12.0. The molecule has 6 heteroatoms. The molecular formula is C19H22N4O2. The number of esters is 1. The molecule has 2 N–H and O–H groups in total. The molecule has 1 heterocycles. The predicted molar refractivity (Wildman–Crippen MR) is 96.0 cm³/mol. The molecule has 0 aliphatic carbocycles. The Kier molecular flexibility index (Phi) is 5.07. The fourth-order valence-electron chi connectivity index (χ4n) is 2.47. The van der Waals surface area contributed by atoms with Crippen molar-refractivity contribution in [1.82, 2.24) is 9.97 Å². The van der Waals surface area contributed by atoms with Gasteiger partial charge in [-0.2, -0.15) is 5.26 Å². The van der Waals surface area contributed by atoms with Gasteiger partial charge in [0.15, 0.2) is 5.82 Å². The summed E-state index contributed by atoms with van der Waals surface area (Å²) < 4.78 is 4.98. The molecule has 0 saturated carbocycles. The topological polar surface area (TPSA) is 102 Å². The molecule has 1 aromatic heterocycles. The zero-order chi connectivity index (χ0) is 18.8. The number of hydrogen-bond acceptors (Lipinski definition) is 6. The molecule has 25 heavy (non-hydrogen) atoms. The average molecular weight is 338 g/mol. The first-order valence-electron chi connectivity index (χ1n) is 8.05. The zero-order valence-electron chi connectivity index (χ0n) is 15.2. The highest BCUT2D eigenvalue weighted by molar-refractivity contribution is 5.95. The molecule has 0 saturated heterocycles. The van der Waals surface area contributed by atoms with Gasteiger partial charge in [0.2, 0.25) is 0 Å². The number of anilines is 1. The van der Waals surface area contributed by atoms with Gasteiger partial charge in [0.25, 0.3) is 0 Å². The van der Waals surface area contributed by atoms with Crippen LogP contribution in [0.25, 0.3) is 11.4 Å². The first-order chi connectivity index (χ1) is 11.7. The van der Waals surface area contributed by atoms with E-state index in [0.717, 1.165) is 5.56 Å². The van der Waals surface area contributed by atoms with Crippen LogP contribution in [0.1, 0.15) is 54.9 Å². The van der Waals surface area contributed by atoms with Crippen LogP contribution in [0.5, 0.6) is 0 Å². The minimum absolute atomic E-state index is 0.0461. The monoisotopic (exact) mass is 338 g/mol. The summed E-state index contributed by atoms with van der Waals surface area (Å²) in [4.78, 5) is 20.6. The third-order valence-corrected chi connectivity index (χ3v) is 3.84. The number of nitrogens with two attached hydrogens (primary N) is 1. The van der Waals surface area contributed by atoms with Crippen molar-refractivity contribution < 1.29 is 9.53 Å². The third-order valence-electron chi connectivity index (χ3n) is 3.84. The molecular weight excluding hydrogens is 316 g/mol. The van der Waals surface area contributed by atoms with Crippen LogP contribution in [0.4, 0.5) is 5.82 Å². The molecule has 0 unspecified atom stereocenters. The zero-order valence-corrected chi connectivity index (χ0v) is 15.2. The molecule has 6 nitrogen and oxygen atoms in total. The van der Waals surface area contributed by atoms with Crippen molar-refractivity contribution in [2.75, 3.05) is 12.3 Å². The summed E-state index contributed by atoms with van der Waals surface area (Å²) in [6, 6.07) is 7.79. The van der Waals surface area contributed by atoms with Crippen LogP contribution in [-0.2, 0) is 10.2 Å². The summed E-state index contributed by atoms with van der Waals surface area (Å²) in [7, 11) is 0. The van der Waals surface area contributed by atoms with E-state index < -0.39 is 5.97 Å². The summed E-state index contributed by atoms with van der Waals surface area (Å²) in [5, 5.41) is 9.51. The SMILES string of the molecule is CCOC(=O)c1c(C)nc(-c2ccc(C(C)(C)C)cc2C#N)nc1N. The second kappa shape index (κ2) is 6.89. The number of carbonyl (C=O) groups excluding carboxylic acids is 1. The van der Waals surface area contributed by atoms with Crippen LogP contribution >= 0.6 is 0 Å². The maximum atomic E-state index is 12.0. The second-order valence-electron chi connectivity index (χ2n) is 6.74. The molecule has 0 radical (unpaired) electrons. The first kappa shape index (κ1) is 18.4. The third kappa shape index (κ3) is 3.77. The van der Waals surface area contributed by atoms with Crippen molar-refractivity contribution in [1.29, 1.82) is 5.26 Å². The Hall–Kier alpha value is -2.94. The smallest absolute Gasteiger partial charge is 0.343 e. The maximum Gasteiger partial charge on any atom is 0.343 e. The van der Waals surface area contributed by atoms with Gasteiger partial charge in [-0.25, -0.2) is 14.8 Å². The number of benzene rings is 1. The van der Waals surface area contributed by atoms with Crippen LogP contribution in [-0.4, -0.2) is 22.5 Å². The molecule has 0 fully saturated rings. The van der Waals surface area contributed by atoms with Crippen LogP contribution in [0, 0.1) is 18.3 Å². The van der Waals surface area contributed by atoms with Gasteiger partial charge in [-0.05, 0) is 37.0 Å². The van der Waals surface area contributed by atoms with E-state index in [0.29, 0.717) is 22.6 Å². The van der Waals surface area contributed by atoms with E-state index >= 15 is 0 Å². The lowest BCUT2D eigenvalue weighted by Crippen LogP contribution is -2.14. The second-order valence-corrected chi connectivity index (χ2v) is 6.74. The number of aryl methyl sites for hydroxylation is 1. The van der Waals surface area contributed by atoms with Gasteiger partial charge in [-0.15, -0.1) is 0 Å². The lowest BCUT2D eigenvalue weighted by atomic mass is 9.85. The Morgan fingerprint density at radius 1 is 1.32 bits per heavy atom. The van der Waals surface area contributed by atoms with Crippen LogP contribution in [0.3, 0.4) is 0 Å². The Morgan fingerprint density at radius 2 is 2.00 bits per heavy atom. The van der Waals surface area contributed by atoms with E-state index in [1.54, 1.807) is 13.8 Å². The molecule has 0 atom stereocenters. The highest BCUT2D eigenvalue weighted by atomic mass is 16.5. The van der Waals surface area contributed by atoms with Gasteiger partial charge >= 0.3 is 5.97 Å². The normalized spacial score (nSPS) is 11.0. The van der Waals surface area contributed by atoms with Crippen molar-refractivity contribution in [3.05, 3.63) is 40.6 Å². The highest BCUT2D eigenvalue weighted by Gasteiger charge is 2.21. The van der Waals surface area contributed by atoms with Gasteiger partial charge in [-0.3, -0.25) is 0 Å². The lowest BCUT2D eigenvalue weighted by Gasteiger charge is -2.20. The van der Waals surface area contributed by atoms with Crippen molar-refractivity contribution >= 4 is 11.8 Å². The fourth-order valence-corrected chi connectivity index (χ4v) is 2.47. The average Bonchev–Trinajstić information content (AvgIpc) is 2.52. The minimum atomic E-state index is -0.548. The van der Waals surface area contributed by atoms with E-state index in [9.17, 15) is 10.1 Å². The molecule has 0 bridgehead atoms. The number of nitrogens with zero attached hydrogens (tertiary/aromatic N) is 3. The molecule has 0 spiro atoms. The Bertz CT molecular complexity index is 838. The van der Waals surface area contributed by atoms with Gasteiger partial charge in [0.05, 0.1) is 23.9 Å². The molecule has 0 aliphatic rings. The predicted octanol–water partition coefficient (Wildman–Crippen LogP) is 3.38. The van der Waals surface area contributed by atoms with E-state index in [1.165, 1.54) is 0 Å². The van der Waals surface area contributed by atoms with Gasteiger partial charge in [0, 0.05) is 5.56 Å². The van der Waals surface area contributed by atoms with Crippen molar-refractivity contribution in [3.8, 4) is 17.5 Å². The molecule has 1 aromatic carbocycles. The van der Waals surface area contributed by atoms with Gasteiger partial charge in [0.1, 0.15) is 11.4 Å². The first-order valence-corrected chi connectivity index (χ1v) is 8.05. The van der Waals surface area contributed by atoms with Crippen LogP contribution < -0.4 is 5.73 Å². The molecule has 0 amide bonds. The van der Waals surface area contributed by atoms with Crippen molar-refractivity contribution in [2.24, 2.45) is 0 Å². The van der Waals surface area contributed by atoms with E-state index in [-0.39, 0.29) is 23.4 Å². The van der Waals surface area contributed by atoms with Gasteiger partial charge < -0.3 is 10.5 Å². The minimum Gasteiger partial charge on any atom is -0.462 e. The number of aromatic nitrogens is 2. The van der Waals surface area contributed by atoms with E-state index in [2.05, 4.69) is 36.8 Å². The number of ether oxygens (including phenoxy) is 1. The van der Waals surface area contributed by atoms with Crippen molar-refractivity contribution in [2.45, 2.75) is 40.0 Å². The largest absolute Gasteiger partial charge is 0.462 e. The standard InChI is InChI=1S/C19H22N4O2/c1-6-25-18(24)15-11(2)22-17(23-16(15)21)14-8-7-13(19(3,4)5)9-12(14)10-20/h7-9H,6H2,1-5H3,(H2,21,22,23). The summed E-state index contributed by atoms with van der Waals surface area (Å²) in [5.74, 6) is -0.183. The number of carbonyl (C=O) groups is 1. The highest BCUT2D eigenvalue weighted by Crippen LogP contribution is 2.29. The fraction of sp³-hybridized carbons (Fsp3) is 0.368. The molecule has 130 valence electrons. The number of rotatable bonds is 3. The summed E-state index contributed by atoms with van der Waals surface area (Å²) in [6.45, 7) is 9.87. The molecule has 0 aliphatic heterocycles. The summed E-state index contributed by atoms with van der Waals surface area (Å²) in [6.07, 6.45) is 0. The lowest BCUT2D eigenvalue weighted by molar-refractivity contribution is 0.0526. The summed E-state index contributed by atoms with van der Waals surface area (Å²) >= 11 is 0. The summed E-state index contributed by atoms with van der Waals surface area (Å²) in [5.41, 5.74) is 8.55. The molecule has 2 rings (SSSR count). The van der Waals surface area contributed by atoms with E-state index in [1.807, 2.05) is 18.2 Å². The Morgan fingerprint density at radius 3 is 2.52 bits per heavy atom. The van der Waals surface area contributed by atoms with Crippen molar-refractivity contribution in [3.63, 3.8) is 0 Å². The number of hydrogen-bond donors (Lipinski definition) is 1. The Labute approximate surface area is 147 Å². The number of nitrogen functional groups attached to an aromatic ring is 1. The van der Waals surface area contributed by atoms with Crippen LogP contribution in [0.15, 0.2) is 18.2 Å². The van der Waals surface area contributed by atoms with Gasteiger partial charge in [-0.1, -0.05) is 26.8 Å².